The minimum absolute atomic E-state index is 0.00665. The van der Waals surface area contributed by atoms with Crippen molar-refractivity contribution in [3.05, 3.63) is 98.8 Å². The van der Waals surface area contributed by atoms with E-state index in [-0.39, 0.29) is 28.4 Å². The predicted octanol–water partition coefficient (Wildman–Crippen LogP) is 0.611. The Hall–Kier alpha value is -4.33. The number of carbonyl (C=O) groups is 1. The summed E-state index contributed by atoms with van der Waals surface area (Å²) in [5.74, 6) is -1.20. The van der Waals surface area contributed by atoms with Crippen LogP contribution in [0.4, 0.5) is 6.01 Å². The lowest BCUT2D eigenvalue weighted by Crippen LogP contribution is -2.38. The van der Waals surface area contributed by atoms with Crippen molar-refractivity contribution in [2.24, 2.45) is 5.73 Å². The van der Waals surface area contributed by atoms with Gasteiger partial charge in [-0.25, -0.2) is 9.36 Å². The third kappa shape index (κ3) is 2.66. The lowest BCUT2D eigenvalue weighted by Gasteiger charge is -2.21. The van der Waals surface area contributed by atoms with Crippen LogP contribution in [0.1, 0.15) is 22.7 Å². The van der Waals surface area contributed by atoms with Crippen LogP contribution in [0.2, 0.25) is 0 Å². The Balaban J connectivity index is 1.93. The number of nitrogen functional groups attached to an aromatic ring is 1. The molecule has 3 heterocycles. The number of amides is 1. The van der Waals surface area contributed by atoms with Crippen LogP contribution < -0.4 is 28.0 Å². The number of aromatic nitrogens is 2. The Morgan fingerprint density at radius 1 is 1.03 bits per heavy atom. The Morgan fingerprint density at radius 3 is 2.37 bits per heavy atom. The average molecular weight is 400 g/mol. The zero-order chi connectivity index (χ0) is 20.8. The van der Waals surface area contributed by atoms with Crippen molar-refractivity contribution in [2.45, 2.75) is 5.92 Å². The first-order valence-electron chi connectivity index (χ1n) is 9.18. The van der Waals surface area contributed by atoms with Crippen LogP contribution >= 0.6 is 0 Å². The van der Waals surface area contributed by atoms with E-state index in [1.165, 1.54) is 4.57 Å². The zero-order valence-corrected chi connectivity index (χ0v) is 15.6. The summed E-state index contributed by atoms with van der Waals surface area (Å²) in [6.45, 7) is 0. The maximum Gasteiger partial charge on any atom is 0.362 e. The van der Waals surface area contributed by atoms with Crippen molar-refractivity contribution in [2.75, 3.05) is 5.73 Å². The van der Waals surface area contributed by atoms with E-state index < -0.39 is 17.5 Å². The first-order valence-corrected chi connectivity index (χ1v) is 9.18. The fraction of sp³-hybridized carbons (Fsp3) is 0.0455. The summed E-state index contributed by atoms with van der Waals surface area (Å²) in [4.78, 5) is 29.6. The molecule has 0 unspecified atom stereocenters. The van der Waals surface area contributed by atoms with Gasteiger partial charge in [-0.2, -0.15) is 4.98 Å². The van der Waals surface area contributed by atoms with Crippen LogP contribution in [0.5, 0.6) is 0 Å². The highest BCUT2D eigenvalue weighted by Gasteiger charge is 2.37. The van der Waals surface area contributed by atoms with Gasteiger partial charge in [-0.3, -0.25) is 4.79 Å². The van der Waals surface area contributed by atoms with Gasteiger partial charge in [-0.1, -0.05) is 60.7 Å². The van der Waals surface area contributed by atoms with Gasteiger partial charge in [0.25, 0.3) is 11.9 Å². The fourth-order valence-corrected chi connectivity index (χ4v) is 3.76. The number of nitrogens with zero attached hydrogens (tertiary/aromatic N) is 2. The quantitative estimate of drug-likeness (QED) is 0.518. The molecule has 0 saturated carbocycles. The molecule has 1 aliphatic rings. The van der Waals surface area contributed by atoms with Gasteiger partial charge in [0.15, 0.2) is 0 Å². The molecule has 1 aliphatic heterocycles. The van der Waals surface area contributed by atoms with Crippen molar-refractivity contribution in [3.8, 4) is 5.88 Å². The minimum atomic E-state index is -0.732. The van der Waals surface area contributed by atoms with Gasteiger partial charge in [0.1, 0.15) is 11.0 Å². The first kappa shape index (κ1) is 17.7. The normalized spacial score (nSPS) is 15.7. The van der Waals surface area contributed by atoms with Gasteiger partial charge >= 0.3 is 5.63 Å². The molecule has 0 fully saturated rings. The van der Waals surface area contributed by atoms with E-state index >= 15 is 0 Å². The smallest absolute Gasteiger partial charge is 0.362 e. The number of hydrogen-bond donors (Lipinski definition) is 2. The van der Waals surface area contributed by atoms with Crippen molar-refractivity contribution in [3.63, 3.8) is 0 Å². The van der Waals surface area contributed by atoms with E-state index in [2.05, 4.69) is 4.98 Å². The molecule has 1 amide bonds. The summed E-state index contributed by atoms with van der Waals surface area (Å²) in [6.07, 6.45) is 1.64. The molecule has 8 nitrogen and oxygen atoms in total. The Bertz CT molecular complexity index is 1450. The number of anilines is 1. The third-order valence-electron chi connectivity index (χ3n) is 4.99. The maximum absolute atomic E-state index is 12.8. The van der Waals surface area contributed by atoms with E-state index in [1.54, 1.807) is 6.08 Å². The highest BCUT2D eigenvalue weighted by Crippen LogP contribution is 2.37. The largest absolute Gasteiger partial charge is 0.406 e. The van der Waals surface area contributed by atoms with Gasteiger partial charge < -0.3 is 20.3 Å². The number of rotatable bonds is 3. The molecule has 30 heavy (non-hydrogen) atoms. The van der Waals surface area contributed by atoms with Crippen LogP contribution in [0, 0.1) is 0 Å². The first-order chi connectivity index (χ1) is 14.5. The maximum atomic E-state index is 12.8. The highest BCUT2D eigenvalue weighted by molar-refractivity contribution is 6.15. The highest BCUT2D eigenvalue weighted by atomic mass is 16.4. The molecule has 0 bridgehead atoms. The van der Waals surface area contributed by atoms with Crippen LogP contribution in [-0.4, -0.2) is 15.5 Å². The van der Waals surface area contributed by atoms with Crippen molar-refractivity contribution in [1.29, 1.82) is 0 Å². The van der Waals surface area contributed by atoms with Crippen LogP contribution in [0.25, 0.3) is 17.5 Å². The molecular weight excluding hydrogens is 384 g/mol. The number of benzene rings is 2. The lowest BCUT2D eigenvalue weighted by molar-refractivity contribution is -0.113. The van der Waals surface area contributed by atoms with E-state index in [9.17, 15) is 9.59 Å². The molecule has 0 spiro atoms. The third-order valence-corrected chi connectivity index (χ3v) is 4.99. The predicted molar refractivity (Wildman–Crippen MR) is 109 cm³/mol. The van der Waals surface area contributed by atoms with E-state index in [1.807, 2.05) is 60.7 Å². The Kier molecular flexibility index (Phi) is 3.92. The molecule has 1 atom stereocenters. The zero-order valence-electron chi connectivity index (χ0n) is 15.6. The topological polar surface area (TPSA) is 130 Å². The second-order valence-corrected chi connectivity index (χ2v) is 6.83. The van der Waals surface area contributed by atoms with Gasteiger partial charge in [0.2, 0.25) is 11.4 Å². The molecule has 148 valence electrons. The second-order valence-electron chi connectivity index (χ2n) is 6.83. The SMILES string of the molecule is NC(=O)C1=c2oc(=O)/c(=C\c3ccccc3)n2-c2oc(N)nc2[C@@H]1c1ccccc1. The van der Waals surface area contributed by atoms with Gasteiger partial charge in [-0.05, 0) is 17.2 Å². The number of oxazole rings is 2. The van der Waals surface area contributed by atoms with Crippen LogP contribution in [0.15, 0.2) is 74.3 Å². The summed E-state index contributed by atoms with van der Waals surface area (Å²) >= 11 is 0. The standard InChI is InChI=1S/C22H16N4O4/c23-18(27)16-15(13-9-5-2-6-10-13)17-20(30-22(24)25-17)26-14(21(28)29-19(16)26)11-12-7-3-1-4-8-12/h1-11,15H,(H2,23,27)(H2,24,25)/b14-11+/t15-/m1/s1. The molecule has 4 N–H and O–H groups in total. The molecule has 2 aromatic heterocycles. The Labute approximate surface area is 169 Å². The number of fused-ring (bicyclic) bond motifs is 3. The van der Waals surface area contributed by atoms with E-state index in [0.29, 0.717) is 5.69 Å². The number of primary amides is 1. The number of carbonyl (C=O) groups excluding carboxylic acids is 1. The summed E-state index contributed by atoms with van der Waals surface area (Å²) in [5, 5.41) is 0.166. The minimum Gasteiger partial charge on any atom is -0.406 e. The van der Waals surface area contributed by atoms with E-state index in [0.717, 1.165) is 11.1 Å². The van der Waals surface area contributed by atoms with E-state index in [4.69, 9.17) is 20.3 Å². The lowest BCUT2D eigenvalue weighted by atomic mass is 9.86. The van der Waals surface area contributed by atoms with Gasteiger partial charge in [-0.15, -0.1) is 0 Å². The summed E-state index contributed by atoms with van der Waals surface area (Å²) in [7, 11) is 0. The molecule has 0 radical (unpaired) electrons. The van der Waals surface area contributed by atoms with Crippen molar-refractivity contribution in [1.82, 2.24) is 9.55 Å². The fourth-order valence-electron chi connectivity index (χ4n) is 3.76. The monoisotopic (exact) mass is 400 g/mol. The molecule has 2 aromatic carbocycles. The average Bonchev–Trinajstić information content (AvgIpc) is 3.27. The number of nitrogens with two attached hydrogens (primary N) is 2. The Morgan fingerprint density at radius 2 is 1.70 bits per heavy atom. The second kappa shape index (κ2) is 6.63. The number of hydrogen-bond acceptors (Lipinski definition) is 6. The molecule has 5 rings (SSSR count). The van der Waals surface area contributed by atoms with Gasteiger partial charge in [0.05, 0.1) is 11.5 Å². The molecule has 0 aliphatic carbocycles. The van der Waals surface area contributed by atoms with Crippen molar-refractivity contribution >= 4 is 23.6 Å². The summed E-state index contributed by atoms with van der Waals surface area (Å²) in [5.41, 5.74) is 13.0. The molecule has 4 aromatic rings. The summed E-state index contributed by atoms with van der Waals surface area (Å²) < 4.78 is 12.6. The van der Waals surface area contributed by atoms with Crippen LogP contribution in [-0.2, 0) is 4.79 Å². The molecule has 8 heteroatoms. The summed E-state index contributed by atoms with van der Waals surface area (Å²) in [6, 6.07) is 18.3. The van der Waals surface area contributed by atoms with Gasteiger partial charge in [0, 0.05) is 0 Å². The molecular formula is C22H16N4O4. The molecule has 0 saturated heterocycles. The van der Waals surface area contributed by atoms with Crippen molar-refractivity contribution < 1.29 is 13.6 Å². The van der Waals surface area contributed by atoms with Crippen LogP contribution in [0.3, 0.4) is 0 Å².